The minimum atomic E-state index is -4.01. The fourth-order valence-electron chi connectivity index (χ4n) is 4.43. The maximum Gasteiger partial charge on any atom is 0.322 e. The van der Waals surface area contributed by atoms with Crippen molar-refractivity contribution < 1.29 is 32.3 Å². The van der Waals surface area contributed by atoms with Crippen LogP contribution in [0.25, 0.3) is 28.2 Å². The van der Waals surface area contributed by atoms with E-state index < -0.39 is 28.0 Å². The van der Waals surface area contributed by atoms with Crippen molar-refractivity contribution in [3.63, 3.8) is 0 Å². The van der Waals surface area contributed by atoms with E-state index in [9.17, 15) is 23.1 Å². The Morgan fingerprint density at radius 1 is 1.00 bits per heavy atom. The molecule has 4 aromatic rings. The second kappa shape index (κ2) is 12.5. The predicted octanol–water partition coefficient (Wildman–Crippen LogP) is 5.71. The Morgan fingerprint density at radius 3 is 2.22 bits per heavy atom. The monoisotopic (exact) mass is 576 g/mol. The summed E-state index contributed by atoms with van der Waals surface area (Å²) in [6.45, 7) is 5.59. The fraction of sp³-hybridized carbons (Fsp3) is 0.226. The van der Waals surface area contributed by atoms with Crippen LogP contribution in [0.2, 0.25) is 0 Å². The number of hydrogen-bond donors (Lipinski definition) is 3. The number of carbonyl (C=O) groups excluding carboxylic acids is 1. The van der Waals surface area contributed by atoms with Crippen LogP contribution in [-0.4, -0.2) is 45.2 Å². The molecule has 0 fully saturated rings. The summed E-state index contributed by atoms with van der Waals surface area (Å²) in [6.07, 6.45) is 3.83. The molecule has 3 aromatic carbocycles. The lowest BCUT2D eigenvalue weighted by Crippen LogP contribution is -2.44. The highest BCUT2D eigenvalue weighted by molar-refractivity contribution is 7.89. The standard InChI is InChI=1S/C31H32N2O7S/c1-19(2)28(31(35)36)33-41(37,38)25-16-12-22(13-17-25)21-10-14-24(15-11-21)32-30(34)29-20(3)27-23(8-6-18-39-4)7-5-9-26(27)40-29/h5-17,19,28,33H,18H2,1-4H3,(H,32,34)(H,35,36)/b8-6-. The van der Waals surface area contributed by atoms with Gasteiger partial charge in [-0.3, -0.25) is 9.59 Å². The highest BCUT2D eigenvalue weighted by atomic mass is 32.2. The molecule has 1 unspecified atom stereocenters. The van der Waals surface area contributed by atoms with E-state index in [4.69, 9.17) is 9.15 Å². The molecule has 0 spiro atoms. The number of aryl methyl sites for hydroxylation is 1. The van der Waals surface area contributed by atoms with Gasteiger partial charge in [-0.2, -0.15) is 4.72 Å². The number of rotatable bonds is 11. The fourth-order valence-corrected chi connectivity index (χ4v) is 5.77. The number of carboxylic acid groups (broad SMARTS) is 1. The number of methoxy groups -OCH3 is 1. The van der Waals surface area contributed by atoms with Crippen LogP contribution in [0.4, 0.5) is 5.69 Å². The summed E-state index contributed by atoms with van der Waals surface area (Å²) in [5.74, 6) is -1.80. The average Bonchev–Trinajstić information content (AvgIpc) is 3.29. The lowest BCUT2D eigenvalue weighted by Gasteiger charge is -2.18. The number of aliphatic carboxylic acids is 1. The molecule has 3 N–H and O–H groups in total. The lowest BCUT2D eigenvalue weighted by molar-refractivity contribution is -0.140. The number of nitrogens with one attached hydrogen (secondary N) is 2. The molecule has 4 rings (SSSR count). The molecule has 214 valence electrons. The van der Waals surface area contributed by atoms with E-state index in [1.165, 1.54) is 12.1 Å². The number of benzene rings is 3. The summed E-state index contributed by atoms with van der Waals surface area (Å²) in [5.41, 5.74) is 4.40. The van der Waals surface area contributed by atoms with E-state index in [-0.39, 0.29) is 16.6 Å². The zero-order valence-corrected chi connectivity index (χ0v) is 24.0. The Kier molecular flexibility index (Phi) is 9.07. The van der Waals surface area contributed by atoms with Gasteiger partial charge in [-0.1, -0.05) is 62.4 Å². The third kappa shape index (κ3) is 6.74. The molecule has 1 atom stereocenters. The van der Waals surface area contributed by atoms with Gasteiger partial charge in [-0.05, 0) is 59.9 Å². The van der Waals surface area contributed by atoms with Gasteiger partial charge < -0.3 is 19.6 Å². The van der Waals surface area contributed by atoms with Crippen molar-refractivity contribution in [1.82, 2.24) is 4.72 Å². The molecule has 1 heterocycles. The molecule has 0 radical (unpaired) electrons. The van der Waals surface area contributed by atoms with Gasteiger partial charge in [0.15, 0.2) is 5.76 Å². The number of carbonyl (C=O) groups is 2. The Hall–Kier alpha value is -4.25. The molecule has 0 saturated carbocycles. The van der Waals surface area contributed by atoms with Crippen molar-refractivity contribution in [1.29, 1.82) is 0 Å². The highest BCUT2D eigenvalue weighted by Gasteiger charge is 2.28. The van der Waals surface area contributed by atoms with E-state index in [0.717, 1.165) is 27.6 Å². The SMILES string of the molecule is COC/C=C\c1cccc2oc(C(=O)Nc3ccc(-c4ccc(S(=O)(=O)NC(C(=O)O)C(C)C)cc4)cc3)c(C)c12. The van der Waals surface area contributed by atoms with Crippen molar-refractivity contribution in [3.05, 3.63) is 89.7 Å². The van der Waals surface area contributed by atoms with Crippen LogP contribution in [-0.2, 0) is 19.6 Å². The molecule has 0 aliphatic carbocycles. The molecule has 0 bridgehead atoms. The largest absolute Gasteiger partial charge is 0.480 e. The second-order valence-corrected chi connectivity index (χ2v) is 11.6. The zero-order valence-electron chi connectivity index (χ0n) is 23.2. The third-order valence-electron chi connectivity index (χ3n) is 6.61. The molecular weight excluding hydrogens is 544 g/mol. The Bertz CT molecular complexity index is 1690. The molecule has 41 heavy (non-hydrogen) atoms. The lowest BCUT2D eigenvalue weighted by atomic mass is 10.0. The van der Waals surface area contributed by atoms with Crippen molar-refractivity contribution in [3.8, 4) is 11.1 Å². The summed E-state index contributed by atoms with van der Waals surface area (Å²) in [7, 11) is -2.39. The number of amides is 1. The summed E-state index contributed by atoms with van der Waals surface area (Å²) in [4.78, 5) is 24.5. The van der Waals surface area contributed by atoms with Crippen LogP contribution in [0.3, 0.4) is 0 Å². The highest BCUT2D eigenvalue weighted by Crippen LogP contribution is 2.30. The van der Waals surface area contributed by atoms with Crippen molar-refractivity contribution >= 4 is 44.6 Å². The van der Waals surface area contributed by atoms with Gasteiger partial charge >= 0.3 is 5.97 Å². The Balaban J connectivity index is 1.48. The first kappa shape index (κ1) is 29.7. The number of anilines is 1. The zero-order chi connectivity index (χ0) is 29.7. The molecule has 0 aliphatic rings. The van der Waals surface area contributed by atoms with Gasteiger partial charge in [-0.15, -0.1) is 0 Å². The van der Waals surface area contributed by atoms with Gasteiger partial charge in [-0.25, -0.2) is 8.42 Å². The smallest absolute Gasteiger partial charge is 0.322 e. The van der Waals surface area contributed by atoms with Gasteiger partial charge in [0.05, 0.1) is 11.5 Å². The molecule has 10 heteroatoms. The van der Waals surface area contributed by atoms with Gasteiger partial charge in [0.25, 0.3) is 5.91 Å². The van der Waals surface area contributed by atoms with Crippen LogP contribution in [0.15, 0.2) is 82.1 Å². The maximum absolute atomic E-state index is 13.1. The number of sulfonamides is 1. The number of ether oxygens (including phenoxy) is 1. The van der Waals surface area contributed by atoms with Gasteiger partial charge in [0.1, 0.15) is 11.6 Å². The third-order valence-corrected chi connectivity index (χ3v) is 8.07. The minimum Gasteiger partial charge on any atom is -0.480 e. The number of hydrogen-bond acceptors (Lipinski definition) is 6. The summed E-state index contributed by atoms with van der Waals surface area (Å²) < 4.78 is 38.6. The van der Waals surface area contributed by atoms with E-state index in [2.05, 4.69) is 10.0 Å². The van der Waals surface area contributed by atoms with E-state index in [0.29, 0.717) is 17.9 Å². The molecule has 0 saturated heterocycles. The molecular formula is C31H32N2O7S. The Labute approximate surface area is 238 Å². The quantitative estimate of drug-likeness (QED) is 0.208. The van der Waals surface area contributed by atoms with Crippen LogP contribution >= 0.6 is 0 Å². The average molecular weight is 577 g/mol. The van der Waals surface area contributed by atoms with Crippen molar-refractivity contribution in [2.75, 3.05) is 19.0 Å². The van der Waals surface area contributed by atoms with Crippen molar-refractivity contribution in [2.45, 2.75) is 31.7 Å². The Morgan fingerprint density at radius 2 is 1.63 bits per heavy atom. The van der Waals surface area contributed by atoms with Gasteiger partial charge in [0.2, 0.25) is 10.0 Å². The molecule has 1 amide bonds. The predicted molar refractivity (Wildman–Crippen MR) is 158 cm³/mol. The minimum absolute atomic E-state index is 0.0319. The van der Waals surface area contributed by atoms with E-state index in [1.54, 1.807) is 57.4 Å². The molecule has 9 nitrogen and oxygen atoms in total. The van der Waals surface area contributed by atoms with Crippen LogP contribution in [0, 0.1) is 12.8 Å². The molecule has 1 aromatic heterocycles. The van der Waals surface area contributed by atoms with Crippen LogP contribution in [0.1, 0.15) is 35.5 Å². The maximum atomic E-state index is 13.1. The first-order chi connectivity index (χ1) is 19.5. The summed E-state index contributed by atoms with van der Waals surface area (Å²) in [5, 5.41) is 13.1. The second-order valence-electron chi connectivity index (χ2n) is 9.87. The number of carboxylic acids is 1. The topological polar surface area (TPSA) is 135 Å². The van der Waals surface area contributed by atoms with Crippen LogP contribution in [0.5, 0.6) is 0 Å². The summed E-state index contributed by atoms with van der Waals surface area (Å²) in [6, 6.07) is 17.7. The first-order valence-electron chi connectivity index (χ1n) is 13.0. The summed E-state index contributed by atoms with van der Waals surface area (Å²) >= 11 is 0. The first-order valence-corrected chi connectivity index (χ1v) is 14.4. The number of furan rings is 1. The van der Waals surface area contributed by atoms with Crippen molar-refractivity contribution in [2.24, 2.45) is 5.92 Å². The van der Waals surface area contributed by atoms with E-state index >= 15 is 0 Å². The molecule has 0 aliphatic heterocycles. The normalized spacial score (nSPS) is 12.7. The van der Waals surface area contributed by atoms with Gasteiger partial charge in [0, 0.05) is 23.7 Å². The van der Waals surface area contributed by atoms with Crippen LogP contribution < -0.4 is 10.0 Å². The van der Waals surface area contributed by atoms with E-state index in [1.807, 2.05) is 37.3 Å². The number of fused-ring (bicyclic) bond motifs is 1.